The normalized spacial score (nSPS) is 11.6. The van der Waals surface area contributed by atoms with Gasteiger partial charge in [0.05, 0.1) is 11.3 Å². The molecule has 0 amide bonds. The van der Waals surface area contributed by atoms with Crippen LogP contribution in [0.5, 0.6) is 0 Å². The summed E-state index contributed by atoms with van der Waals surface area (Å²) in [7, 11) is 0. The van der Waals surface area contributed by atoms with Crippen molar-refractivity contribution < 1.29 is 0 Å². The summed E-state index contributed by atoms with van der Waals surface area (Å²) in [5.74, 6) is 0. The first-order chi connectivity index (χ1) is 9.19. The largest absolute Gasteiger partial charge is 0.381 e. The minimum atomic E-state index is 0.274. The molecule has 1 unspecified atom stereocenters. The van der Waals surface area contributed by atoms with Crippen molar-refractivity contribution >= 4 is 21.6 Å². The molecule has 96 valence electrons. The van der Waals surface area contributed by atoms with E-state index in [1.165, 1.54) is 5.56 Å². The zero-order valence-electron chi connectivity index (χ0n) is 10.7. The first-order valence-electron chi connectivity index (χ1n) is 6.19. The monoisotopic (exact) mass is 314 g/mol. The molecule has 0 bridgehead atoms. The molecule has 19 heavy (non-hydrogen) atoms. The summed E-state index contributed by atoms with van der Waals surface area (Å²) in [6.45, 7) is 2.12. The highest BCUT2D eigenvalue weighted by atomic mass is 79.9. The number of benzene rings is 2. The van der Waals surface area contributed by atoms with Crippen molar-refractivity contribution in [2.75, 3.05) is 5.32 Å². The predicted octanol–water partition coefficient (Wildman–Crippen LogP) is 4.36. The molecular weight excluding hydrogens is 300 g/mol. The first-order valence-corrected chi connectivity index (χ1v) is 6.98. The van der Waals surface area contributed by atoms with Crippen LogP contribution in [-0.2, 0) is 6.42 Å². The second-order valence-corrected chi connectivity index (χ2v) is 5.45. The van der Waals surface area contributed by atoms with Gasteiger partial charge in [0.25, 0.3) is 0 Å². The van der Waals surface area contributed by atoms with Gasteiger partial charge in [0, 0.05) is 10.5 Å². The Morgan fingerprint density at radius 2 is 1.95 bits per heavy atom. The van der Waals surface area contributed by atoms with Crippen molar-refractivity contribution in [3.8, 4) is 6.07 Å². The lowest BCUT2D eigenvalue weighted by Gasteiger charge is -2.16. The van der Waals surface area contributed by atoms with Crippen molar-refractivity contribution in [3.63, 3.8) is 0 Å². The SMILES string of the molecule is CC(Cc1ccccc1)Nc1ccc(Br)cc1C#N. The third-order valence-corrected chi connectivity index (χ3v) is 3.38. The van der Waals surface area contributed by atoms with Crippen LogP contribution in [0.15, 0.2) is 53.0 Å². The zero-order valence-corrected chi connectivity index (χ0v) is 12.3. The smallest absolute Gasteiger partial charge is 0.101 e. The lowest BCUT2D eigenvalue weighted by molar-refractivity contribution is 0.790. The van der Waals surface area contributed by atoms with E-state index in [2.05, 4.69) is 46.4 Å². The van der Waals surface area contributed by atoms with Gasteiger partial charge in [-0.15, -0.1) is 0 Å². The summed E-state index contributed by atoms with van der Waals surface area (Å²) in [6.07, 6.45) is 0.932. The van der Waals surface area contributed by atoms with Gasteiger partial charge in [-0.05, 0) is 37.1 Å². The Morgan fingerprint density at radius 1 is 1.21 bits per heavy atom. The van der Waals surface area contributed by atoms with E-state index in [9.17, 15) is 0 Å². The molecule has 0 saturated carbocycles. The maximum absolute atomic E-state index is 9.13. The summed E-state index contributed by atoms with van der Waals surface area (Å²) in [5.41, 5.74) is 2.83. The number of nitrogens with zero attached hydrogens (tertiary/aromatic N) is 1. The van der Waals surface area contributed by atoms with E-state index >= 15 is 0 Å². The summed E-state index contributed by atoms with van der Waals surface area (Å²) in [4.78, 5) is 0. The molecule has 0 saturated heterocycles. The number of rotatable bonds is 4. The minimum Gasteiger partial charge on any atom is -0.381 e. The van der Waals surface area contributed by atoms with E-state index in [0.29, 0.717) is 5.56 Å². The standard InChI is InChI=1S/C16H15BrN2/c1-12(9-13-5-3-2-4-6-13)19-16-8-7-15(17)10-14(16)11-18/h2-8,10,12,19H,9H2,1H3. The molecule has 0 aliphatic heterocycles. The van der Waals surface area contributed by atoms with Gasteiger partial charge in [-0.3, -0.25) is 0 Å². The number of halogens is 1. The van der Waals surface area contributed by atoms with Crippen LogP contribution in [-0.4, -0.2) is 6.04 Å². The maximum Gasteiger partial charge on any atom is 0.101 e. The fourth-order valence-corrected chi connectivity index (χ4v) is 2.38. The van der Waals surface area contributed by atoms with Crippen LogP contribution >= 0.6 is 15.9 Å². The van der Waals surface area contributed by atoms with Gasteiger partial charge in [-0.25, -0.2) is 0 Å². The Labute approximate surface area is 122 Å². The van der Waals surface area contributed by atoms with Crippen molar-refractivity contribution in [1.82, 2.24) is 0 Å². The highest BCUT2D eigenvalue weighted by Crippen LogP contribution is 2.21. The Hall–Kier alpha value is -1.79. The number of anilines is 1. The number of nitriles is 1. The molecule has 0 heterocycles. The Morgan fingerprint density at radius 3 is 2.63 bits per heavy atom. The highest BCUT2D eigenvalue weighted by Gasteiger charge is 2.07. The van der Waals surface area contributed by atoms with Crippen LogP contribution in [0.3, 0.4) is 0 Å². The van der Waals surface area contributed by atoms with Gasteiger partial charge in [-0.1, -0.05) is 46.3 Å². The summed E-state index contributed by atoms with van der Waals surface area (Å²) in [5, 5.41) is 12.5. The van der Waals surface area contributed by atoms with Crippen molar-refractivity contribution in [2.24, 2.45) is 0 Å². The fraction of sp³-hybridized carbons (Fsp3) is 0.188. The fourth-order valence-electron chi connectivity index (χ4n) is 2.02. The van der Waals surface area contributed by atoms with E-state index in [4.69, 9.17) is 5.26 Å². The molecule has 2 nitrogen and oxygen atoms in total. The van der Waals surface area contributed by atoms with Crippen molar-refractivity contribution in [2.45, 2.75) is 19.4 Å². The summed E-state index contributed by atoms with van der Waals surface area (Å²) < 4.78 is 0.922. The maximum atomic E-state index is 9.13. The highest BCUT2D eigenvalue weighted by molar-refractivity contribution is 9.10. The average Bonchev–Trinajstić information content (AvgIpc) is 2.42. The second-order valence-electron chi connectivity index (χ2n) is 4.54. The Kier molecular flexibility index (Phi) is 4.59. The molecule has 1 N–H and O–H groups in total. The second kappa shape index (κ2) is 6.40. The van der Waals surface area contributed by atoms with Crippen LogP contribution in [0.25, 0.3) is 0 Å². The third kappa shape index (κ3) is 3.84. The molecule has 0 aliphatic rings. The number of nitrogens with one attached hydrogen (secondary N) is 1. The van der Waals surface area contributed by atoms with Crippen LogP contribution < -0.4 is 5.32 Å². The van der Waals surface area contributed by atoms with E-state index in [1.807, 2.05) is 36.4 Å². The molecule has 2 aromatic carbocycles. The van der Waals surface area contributed by atoms with E-state index in [1.54, 1.807) is 0 Å². The Balaban J connectivity index is 2.07. The van der Waals surface area contributed by atoms with Gasteiger partial charge < -0.3 is 5.32 Å². The first kappa shape index (κ1) is 13.6. The van der Waals surface area contributed by atoms with Crippen LogP contribution in [0, 0.1) is 11.3 Å². The molecule has 2 rings (SSSR count). The van der Waals surface area contributed by atoms with E-state index in [0.717, 1.165) is 16.6 Å². The van der Waals surface area contributed by atoms with Gasteiger partial charge in [0.1, 0.15) is 6.07 Å². The predicted molar refractivity (Wildman–Crippen MR) is 82.1 cm³/mol. The third-order valence-electron chi connectivity index (χ3n) is 2.89. The van der Waals surface area contributed by atoms with Crippen LogP contribution in [0.1, 0.15) is 18.1 Å². The number of hydrogen-bond acceptors (Lipinski definition) is 2. The molecule has 0 aromatic heterocycles. The van der Waals surface area contributed by atoms with E-state index in [-0.39, 0.29) is 6.04 Å². The number of hydrogen-bond donors (Lipinski definition) is 1. The van der Waals surface area contributed by atoms with Gasteiger partial charge in [0.15, 0.2) is 0 Å². The van der Waals surface area contributed by atoms with Gasteiger partial charge >= 0.3 is 0 Å². The molecule has 2 aromatic rings. The molecule has 0 spiro atoms. The van der Waals surface area contributed by atoms with Crippen LogP contribution in [0.4, 0.5) is 5.69 Å². The molecule has 0 fully saturated rings. The average molecular weight is 315 g/mol. The van der Waals surface area contributed by atoms with Crippen LogP contribution in [0.2, 0.25) is 0 Å². The van der Waals surface area contributed by atoms with Gasteiger partial charge in [0.2, 0.25) is 0 Å². The topological polar surface area (TPSA) is 35.8 Å². The molecule has 0 aliphatic carbocycles. The van der Waals surface area contributed by atoms with Gasteiger partial charge in [-0.2, -0.15) is 5.26 Å². The molecule has 3 heteroatoms. The molecular formula is C16H15BrN2. The molecule has 0 radical (unpaired) electrons. The van der Waals surface area contributed by atoms with Crippen molar-refractivity contribution in [3.05, 3.63) is 64.1 Å². The minimum absolute atomic E-state index is 0.274. The van der Waals surface area contributed by atoms with E-state index < -0.39 is 0 Å². The molecule has 1 atom stereocenters. The Bertz CT molecular complexity index is 587. The zero-order chi connectivity index (χ0) is 13.7. The lowest BCUT2D eigenvalue weighted by Crippen LogP contribution is -2.18. The lowest BCUT2D eigenvalue weighted by atomic mass is 10.1. The van der Waals surface area contributed by atoms with Crippen molar-refractivity contribution in [1.29, 1.82) is 5.26 Å². The quantitative estimate of drug-likeness (QED) is 0.910. The summed E-state index contributed by atoms with van der Waals surface area (Å²) >= 11 is 3.38. The summed E-state index contributed by atoms with van der Waals surface area (Å²) in [6, 6.07) is 18.5.